The molecule has 38 heavy (non-hydrogen) atoms. The molecule has 0 fully saturated rings. The third-order valence-electron chi connectivity index (χ3n) is 6.03. The van der Waals surface area contributed by atoms with Crippen LogP contribution in [0.4, 0.5) is 18.2 Å². The highest BCUT2D eigenvalue weighted by Crippen LogP contribution is 2.41. The number of sulfonamides is 1. The first-order valence-corrected chi connectivity index (χ1v) is 14.3. The zero-order chi connectivity index (χ0) is 27.2. The molecule has 0 aliphatic heterocycles. The highest BCUT2D eigenvalue weighted by Gasteiger charge is 2.31. The topological polar surface area (TPSA) is 83.1 Å². The van der Waals surface area contributed by atoms with Gasteiger partial charge in [-0.15, -0.1) is 11.3 Å². The second-order valence-corrected chi connectivity index (χ2v) is 12.3. The second kappa shape index (κ2) is 9.68. The predicted molar refractivity (Wildman–Crippen MR) is 144 cm³/mol. The van der Waals surface area contributed by atoms with Gasteiger partial charge in [-0.2, -0.15) is 4.37 Å². The Morgan fingerprint density at radius 3 is 2.39 bits per heavy atom. The molecule has 0 bridgehead atoms. The van der Waals surface area contributed by atoms with E-state index in [1.807, 2.05) is 24.3 Å². The molecule has 2 aromatic heterocycles. The van der Waals surface area contributed by atoms with Crippen molar-refractivity contribution in [3.8, 4) is 11.4 Å². The molecule has 6 nitrogen and oxygen atoms in total. The highest BCUT2D eigenvalue weighted by atomic mass is 32.2. The van der Waals surface area contributed by atoms with Crippen molar-refractivity contribution in [1.82, 2.24) is 9.36 Å². The average molecular weight is 576 g/mol. The Kier molecular flexibility index (Phi) is 6.66. The van der Waals surface area contributed by atoms with Crippen LogP contribution in [0.15, 0.2) is 76.4 Å². The summed E-state index contributed by atoms with van der Waals surface area (Å²) < 4.78 is 76.3. The lowest BCUT2D eigenvalue weighted by Crippen LogP contribution is -2.30. The zero-order valence-corrected chi connectivity index (χ0v) is 22.5. The van der Waals surface area contributed by atoms with Crippen LogP contribution in [-0.2, 0) is 22.5 Å². The fourth-order valence-corrected chi connectivity index (χ4v) is 7.50. The molecule has 2 heterocycles. The minimum Gasteiger partial charge on any atom is -0.296 e. The number of rotatable bonds is 7. The quantitative estimate of drug-likeness (QED) is 0.235. The predicted octanol–water partition coefficient (Wildman–Crippen LogP) is 6.67. The first-order chi connectivity index (χ1) is 17.9. The van der Waals surface area contributed by atoms with Gasteiger partial charge in [0.15, 0.2) is 5.82 Å². The first-order valence-electron chi connectivity index (χ1n) is 11.3. The van der Waals surface area contributed by atoms with Crippen LogP contribution < -0.4 is 9.18 Å². The van der Waals surface area contributed by atoms with E-state index in [1.54, 1.807) is 6.92 Å². The van der Waals surface area contributed by atoms with Crippen molar-refractivity contribution in [3.63, 3.8) is 0 Å². The van der Waals surface area contributed by atoms with Crippen LogP contribution in [0.5, 0.6) is 0 Å². The van der Waals surface area contributed by atoms with Crippen LogP contribution in [0, 0.1) is 12.7 Å². The van der Waals surface area contributed by atoms with E-state index < -0.39 is 27.3 Å². The van der Waals surface area contributed by atoms with Gasteiger partial charge in [-0.1, -0.05) is 24.3 Å². The lowest BCUT2D eigenvalue weighted by Gasteiger charge is -2.25. The molecular formula is C26H20F3N3O3S3. The van der Waals surface area contributed by atoms with Crippen molar-refractivity contribution in [2.45, 2.75) is 31.2 Å². The van der Waals surface area contributed by atoms with Crippen LogP contribution in [0.3, 0.4) is 0 Å². The van der Waals surface area contributed by atoms with E-state index in [0.717, 1.165) is 38.1 Å². The van der Waals surface area contributed by atoms with E-state index >= 15 is 0 Å². The van der Waals surface area contributed by atoms with Crippen LogP contribution in [0.1, 0.15) is 23.6 Å². The molecule has 12 heteroatoms. The molecule has 1 N–H and O–H groups in total. The van der Waals surface area contributed by atoms with Gasteiger partial charge in [0, 0.05) is 28.7 Å². The molecule has 0 saturated carbocycles. The van der Waals surface area contributed by atoms with Gasteiger partial charge in [-0.25, -0.2) is 21.6 Å². The van der Waals surface area contributed by atoms with Gasteiger partial charge in [-0.3, -0.25) is 14.1 Å². The molecule has 0 amide bonds. The average Bonchev–Trinajstić information content (AvgIpc) is 3.46. The van der Waals surface area contributed by atoms with E-state index in [-0.39, 0.29) is 21.9 Å². The highest BCUT2D eigenvalue weighted by molar-refractivity contribution is 7.93. The number of anilines is 1. The zero-order valence-electron chi connectivity index (χ0n) is 20.0. The van der Waals surface area contributed by atoms with Crippen molar-refractivity contribution in [1.29, 1.82) is 0 Å². The number of aromatic nitrogens is 2. The van der Waals surface area contributed by atoms with Crippen molar-refractivity contribution < 1.29 is 21.6 Å². The molecule has 0 aliphatic carbocycles. The number of aromatic amines is 1. The Hall–Kier alpha value is -3.48. The fourth-order valence-electron chi connectivity index (χ4n) is 4.10. The number of alkyl halides is 2. The SMILES string of the molecule is Cc1c(N(Cc2ccc(F)c(C(C)(F)F)c2)S(=O)(=O)c2ccc(-c3nsc(=O)[nH]3)cc2)sc2ccccc12. The van der Waals surface area contributed by atoms with Gasteiger partial charge in [0.25, 0.3) is 15.9 Å². The van der Waals surface area contributed by atoms with Gasteiger partial charge < -0.3 is 0 Å². The number of aryl methyl sites for hydroxylation is 1. The minimum absolute atomic E-state index is 0.0427. The van der Waals surface area contributed by atoms with Gasteiger partial charge in [0.05, 0.1) is 17.0 Å². The summed E-state index contributed by atoms with van der Waals surface area (Å²) >= 11 is 2.02. The monoisotopic (exact) mass is 575 g/mol. The Labute approximate surface area is 224 Å². The summed E-state index contributed by atoms with van der Waals surface area (Å²) in [5.74, 6) is -4.19. The summed E-state index contributed by atoms with van der Waals surface area (Å²) in [5, 5.41) is 1.30. The summed E-state index contributed by atoms with van der Waals surface area (Å²) in [4.78, 5) is 13.7. The Morgan fingerprint density at radius 2 is 1.76 bits per heavy atom. The molecule has 0 radical (unpaired) electrons. The molecular weight excluding hydrogens is 555 g/mol. The molecule has 0 saturated heterocycles. The van der Waals surface area contributed by atoms with Crippen molar-refractivity contribution >= 4 is 48.0 Å². The van der Waals surface area contributed by atoms with Crippen LogP contribution in [0.2, 0.25) is 0 Å². The second-order valence-electron chi connectivity index (χ2n) is 8.71. The number of fused-ring (bicyclic) bond motifs is 1. The van der Waals surface area contributed by atoms with Crippen molar-refractivity contribution in [2.75, 3.05) is 4.31 Å². The normalized spacial score (nSPS) is 12.2. The van der Waals surface area contributed by atoms with E-state index in [0.29, 0.717) is 28.9 Å². The van der Waals surface area contributed by atoms with Gasteiger partial charge >= 0.3 is 4.87 Å². The summed E-state index contributed by atoms with van der Waals surface area (Å²) in [6.45, 7) is 2.10. The summed E-state index contributed by atoms with van der Waals surface area (Å²) in [6, 6.07) is 16.5. The number of hydrogen-bond acceptors (Lipinski definition) is 6. The molecule has 5 rings (SSSR count). The molecule has 0 unspecified atom stereocenters. The molecule has 0 spiro atoms. The third-order valence-corrected chi connectivity index (χ3v) is 9.74. The van der Waals surface area contributed by atoms with Crippen LogP contribution >= 0.6 is 22.9 Å². The lowest BCUT2D eigenvalue weighted by molar-refractivity contribution is 0.0137. The van der Waals surface area contributed by atoms with Crippen LogP contribution in [0.25, 0.3) is 21.5 Å². The summed E-state index contributed by atoms with van der Waals surface area (Å²) in [6.07, 6.45) is 0. The number of benzene rings is 3. The van der Waals surface area contributed by atoms with Gasteiger partial charge in [-0.05, 0) is 65.9 Å². The molecule has 3 aromatic carbocycles. The van der Waals surface area contributed by atoms with E-state index in [2.05, 4.69) is 9.36 Å². The lowest BCUT2D eigenvalue weighted by atomic mass is 10.1. The summed E-state index contributed by atoms with van der Waals surface area (Å²) in [5.41, 5.74) is 0.649. The largest absolute Gasteiger partial charge is 0.323 e. The third kappa shape index (κ3) is 4.86. The molecule has 0 atom stereocenters. The number of nitrogens with one attached hydrogen (secondary N) is 1. The Balaban J connectivity index is 1.62. The Bertz CT molecular complexity index is 1800. The number of nitrogens with zero attached hydrogens (tertiary/aromatic N) is 2. The standard InChI is InChI=1S/C26H20F3N3O3S3/c1-15-19-5-3-4-6-22(19)36-24(15)32(14-16-7-12-21(27)20(13-16)26(2,28)29)38(34,35)18-10-8-17(9-11-18)23-30-25(33)37-31-23/h3-13H,14H2,1-2H3,(H,30,31,33). The molecule has 5 aromatic rings. The number of thiophene rings is 1. The summed E-state index contributed by atoms with van der Waals surface area (Å²) in [7, 11) is -4.20. The maximum absolute atomic E-state index is 14.2. The van der Waals surface area contributed by atoms with E-state index in [9.17, 15) is 26.4 Å². The number of hydrogen-bond donors (Lipinski definition) is 1. The van der Waals surface area contributed by atoms with Gasteiger partial charge in [0.1, 0.15) is 10.8 Å². The van der Waals surface area contributed by atoms with E-state index in [1.165, 1.54) is 41.7 Å². The van der Waals surface area contributed by atoms with Crippen molar-refractivity contribution in [2.24, 2.45) is 0 Å². The minimum atomic E-state index is -4.20. The van der Waals surface area contributed by atoms with Crippen molar-refractivity contribution in [3.05, 3.63) is 98.9 Å². The maximum Gasteiger partial charge on any atom is 0.323 e. The Morgan fingerprint density at radius 1 is 1.05 bits per heavy atom. The van der Waals surface area contributed by atoms with E-state index in [4.69, 9.17) is 0 Å². The first kappa shape index (κ1) is 26.1. The number of H-pyrrole nitrogens is 1. The maximum atomic E-state index is 14.2. The number of halogens is 3. The smallest absolute Gasteiger partial charge is 0.296 e. The van der Waals surface area contributed by atoms with Crippen LogP contribution in [-0.4, -0.2) is 17.8 Å². The molecule has 0 aliphatic rings. The van der Waals surface area contributed by atoms with Gasteiger partial charge in [0.2, 0.25) is 0 Å². The fraction of sp³-hybridized carbons (Fsp3) is 0.154. The molecule has 196 valence electrons.